The Hall–Kier alpha value is -3.12. The molecule has 154 valence electrons. The number of hydrogen-bond acceptors (Lipinski definition) is 4. The SMILES string of the molecule is CCC(=O)N1CCc2ccc(NC(=O)c3c(-c4ccccc4Cl)noc3C)cc2C1. The van der Waals surface area contributed by atoms with Crippen molar-refractivity contribution < 1.29 is 14.1 Å². The lowest BCUT2D eigenvalue weighted by Crippen LogP contribution is -2.35. The molecule has 0 saturated carbocycles. The van der Waals surface area contributed by atoms with Crippen LogP contribution >= 0.6 is 11.6 Å². The van der Waals surface area contributed by atoms with E-state index in [1.165, 1.54) is 5.56 Å². The van der Waals surface area contributed by atoms with Crippen molar-refractivity contribution in [3.05, 3.63) is 69.9 Å². The fourth-order valence-corrected chi connectivity index (χ4v) is 3.97. The summed E-state index contributed by atoms with van der Waals surface area (Å²) >= 11 is 6.29. The first-order valence-electron chi connectivity index (χ1n) is 9.90. The lowest BCUT2D eigenvalue weighted by Gasteiger charge is -2.29. The number of aromatic nitrogens is 1. The van der Waals surface area contributed by atoms with E-state index < -0.39 is 0 Å². The second-order valence-corrected chi connectivity index (χ2v) is 7.71. The minimum atomic E-state index is -0.319. The number of nitrogens with zero attached hydrogens (tertiary/aromatic N) is 2. The lowest BCUT2D eigenvalue weighted by molar-refractivity contribution is -0.131. The number of hydrogen-bond donors (Lipinski definition) is 1. The van der Waals surface area contributed by atoms with Crippen LogP contribution in [0.2, 0.25) is 5.02 Å². The van der Waals surface area contributed by atoms with Crippen molar-refractivity contribution in [2.75, 3.05) is 11.9 Å². The monoisotopic (exact) mass is 423 g/mol. The zero-order valence-electron chi connectivity index (χ0n) is 16.9. The minimum Gasteiger partial charge on any atom is -0.360 e. The van der Waals surface area contributed by atoms with E-state index >= 15 is 0 Å². The molecule has 0 saturated heterocycles. The number of anilines is 1. The fraction of sp³-hybridized carbons (Fsp3) is 0.261. The van der Waals surface area contributed by atoms with Gasteiger partial charge in [-0.1, -0.05) is 47.9 Å². The van der Waals surface area contributed by atoms with Gasteiger partial charge in [-0.2, -0.15) is 0 Å². The molecular weight excluding hydrogens is 402 g/mol. The molecule has 3 aromatic rings. The summed E-state index contributed by atoms with van der Waals surface area (Å²) in [5.74, 6) is 0.237. The van der Waals surface area contributed by atoms with Crippen LogP contribution in [0.3, 0.4) is 0 Å². The van der Waals surface area contributed by atoms with Gasteiger partial charge in [-0.25, -0.2) is 0 Å². The highest BCUT2D eigenvalue weighted by molar-refractivity contribution is 6.33. The van der Waals surface area contributed by atoms with E-state index in [2.05, 4.69) is 10.5 Å². The van der Waals surface area contributed by atoms with Gasteiger partial charge in [-0.15, -0.1) is 0 Å². The molecule has 0 bridgehead atoms. The van der Waals surface area contributed by atoms with Crippen LogP contribution in [0.5, 0.6) is 0 Å². The summed E-state index contributed by atoms with van der Waals surface area (Å²) in [6.07, 6.45) is 1.31. The third kappa shape index (κ3) is 3.83. The average Bonchev–Trinajstić information content (AvgIpc) is 3.14. The molecule has 0 spiro atoms. The number of aryl methyl sites for hydroxylation is 1. The zero-order valence-corrected chi connectivity index (χ0v) is 17.6. The van der Waals surface area contributed by atoms with Crippen molar-refractivity contribution in [3.8, 4) is 11.3 Å². The molecule has 4 rings (SSSR count). The van der Waals surface area contributed by atoms with Crippen molar-refractivity contribution in [1.82, 2.24) is 10.1 Å². The molecule has 2 amide bonds. The minimum absolute atomic E-state index is 0.138. The number of nitrogens with one attached hydrogen (secondary N) is 1. The van der Waals surface area contributed by atoms with Crippen molar-refractivity contribution in [2.45, 2.75) is 33.2 Å². The molecule has 7 heteroatoms. The topological polar surface area (TPSA) is 75.4 Å². The fourth-order valence-electron chi connectivity index (χ4n) is 3.74. The summed E-state index contributed by atoms with van der Waals surface area (Å²) < 4.78 is 5.29. The summed E-state index contributed by atoms with van der Waals surface area (Å²) in [7, 11) is 0. The van der Waals surface area contributed by atoms with E-state index in [1.54, 1.807) is 19.1 Å². The number of amides is 2. The molecule has 6 nitrogen and oxygen atoms in total. The van der Waals surface area contributed by atoms with Crippen LogP contribution in [0.15, 0.2) is 47.0 Å². The molecule has 30 heavy (non-hydrogen) atoms. The summed E-state index contributed by atoms with van der Waals surface area (Å²) in [4.78, 5) is 27.0. The van der Waals surface area contributed by atoms with E-state index in [1.807, 2.05) is 42.2 Å². The maximum atomic E-state index is 13.1. The quantitative estimate of drug-likeness (QED) is 0.650. The molecular formula is C23H22ClN3O3. The largest absolute Gasteiger partial charge is 0.360 e. The molecule has 0 atom stereocenters. The Kier molecular flexibility index (Phi) is 5.59. The van der Waals surface area contributed by atoms with Gasteiger partial charge in [0.2, 0.25) is 5.91 Å². The summed E-state index contributed by atoms with van der Waals surface area (Å²) in [5.41, 5.74) is 4.31. The molecule has 0 fully saturated rings. The smallest absolute Gasteiger partial charge is 0.261 e. The Balaban J connectivity index is 1.60. The average molecular weight is 424 g/mol. The van der Waals surface area contributed by atoms with Crippen LogP contribution in [0, 0.1) is 6.92 Å². The van der Waals surface area contributed by atoms with E-state index in [4.69, 9.17) is 16.1 Å². The van der Waals surface area contributed by atoms with Crippen LogP contribution in [-0.2, 0) is 17.8 Å². The second-order valence-electron chi connectivity index (χ2n) is 7.30. The highest BCUT2D eigenvalue weighted by atomic mass is 35.5. The molecule has 1 aliphatic heterocycles. The summed E-state index contributed by atoms with van der Waals surface area (Å²) in [6, 6.07) is 13.0. The molecule has 2 aromatic carbocycles. The Morgan fingerprint density at radius 1 is 1.20 bits per heavy atom. The van der Waals surface area contributed by atoms with Crippen molar-refractivity contribution in [3.63, 3.8) is 0 Å². The Morgan fingerprint density at radius 2 is 2.00 bits per heavy atom. The highest BCUT2D eigenvalue weighted by Gasteiger charge is 2.24. The van der Waals surface area contributed by atoms with Crippen molar-refractivity contribution in [2.24, 2.45) is 0 Å². The molecule has 2 heterocycles. The standard InChI is InChI=1S/C23H22ClN3O3/c1-3-20(28)27-11-10-15-8-9-17(12-16(15)13-27)25-23(29)21-14(2)30-26-22(21)18-6-4-5-7-19(18)24/h4-9,12H,3,10-11,13H2,1-2H3,(H,25,29). The first-order valence-corrected chi connectivity index (χ1v) is 10.3. The van der Waals surface area contributed by atoms with E-state index in [0.29, 0.717) is 46.3 Å². The van der Waals surface area contributed by atoms with Crippen molar-refractivity contribution in [1.29, 1.82) is 0 Å². The third-order valence-corrected chi connectivity index (χ3v) is 5.68. The number of halogens is 1. The van der Waals surface area contributed by atoms with Gasteiger partial charge in [0, 0.05) is 30.8 Å². The van der Waals surface area contributed by atoms with Gasteiger partial charge in [-0.05, 0) is 42.7 Å². The van der Waals surface area contributed by atoms with Crippen molar-refractivity contribution >= 4 is 29.1 Å². The van der Waals surface area contributed by atoms with Crippen LogP contribution < -0.4 is 5.32 Å². The maximum absolute atomic E-state index is 13.1. The molecule has 0 radical (unpaired) electrons. The van der Waals surface area contributed by atoms with Gasteiger partial charge >= 0.3 is 0 Å². The highest BCUT2D eigenvalue weighted by Crippen LogP contribution is 2.32. The molecule has 1 N–H and O–H groups in total. The Bertz CT molecular complexity index is 1120. The predicted octanol–water partition coefficient (Wildman–Crippen LogP) is 4.85. The Labute approximate surface area is 179 Å². The van der Waals surface area contributed by atoms with Crippen LogP contribution in [0.4, 0.5) is 5.69 Å². The summed E-state index contributed by atoms with van der Waals surface area (Å²) in [6.45, 7) is 4.85. The van der Waals surface area contributed by atoms with Crippen LogP contribution in [0.1, 0.15) is 40.6 Å². The molecule has 1 aliphatic rings. The molecule has 1 aromatic heterocycles. The zero-order chi connectivity index (χ0) is 21.3. The number of benzene rings is 2. The van der Waals surface area contributed by atoms with Crippen LogP contribution in [-0.4, -0.2) is 28.4 Å². The molecule has 0 aliphatic carbocycles. The first kappa shape index (κ1) is 20.2. The van der Waals surface area contributed by atoms with E-state index in [-0.39, 0.29) is 11.8 Å². The van der Waals surface area contributed by atoms with Crippen LogP contribution in [0.25, 0.3) is 11.3 Å². The number of rotatable bonds is 4. The number of fused-ring (bicyclic) bond motifs is 1. The second kappa shape index (κ2) is 8.32. The third-order valence-electron chi connectivity index (χ3n) is 5.35. The number of carbonyl (C=O) groups excluding carboxylic acids is 2. The summed E-state index contributed by atoms with van der Waals surface area (Å²) in [5, 5.41) is 7.49. The van der Waals surface area contributed by atoms with Gasteiger partial charge in [0.15, 0.2) is 0 Å². The maximum Gasteiger partial charge on any atom is 0.261 e. The molecule has 0 unspecified atom stereocenters. The predicted molar refractivity (Wildman–Crippen MR) is 115 cm³/mol. The number of carbonyl (C=O) groups is 2. The Morgan fingerprint density at radius 3 is 2.77 bits per heavy atom. The van der Waals surface area contributed by atoms with Gasteiger partial charge in [0.25, 0.3) is 5.91 Å². The lowest BCUT2D eigenvalue weighted by atomic mass is 9.98. The van der Waals surface area contributed by atoms with E-state index in [9.17, 15) is 9.59 Å². The first-order chi connectivity index (χ1) is 14.5. The van der Waals surface area contributed by atoms with Gasteiger partial charge in [0.05, 0.1) is 5.02 Å². The normalized spacial score (nSPS) is 13.1. The van der Waals surface area contributed by atoms with Gasteiger partial charge in [0.1, 0.15) is 17.0 Å². The van der Waals surface area contributed by atoms with Gasteiger partial charge < -0.3 is 14.7 Å². The van der Waals surface area contributed by atoms with Gasteiger partial charge in [-0.3, -0.25) is 9.59 Å². The van der Waals surface area contributed by atoms with E-state index in [0.717, 1.165) is 18.5 Å².